The lowest BCUT2D eigenvalue weighted by Gasteiger charge is -2.38. The Hall–Kier alpha value is -1.42. The second-order valence-electron chi connectivity index (χ2n) is 5.83. The molecule has 102 valence electrons. The summed E-state index contributed by atoms with van der Waals surface area (Å²) in [6.45, 7) is 0. The Labute approximate surface area is 125 Å². The van der Waals surface area contributed by atoms with E-state index in [-0.39, 0.29) is 35.5 Å². The number of allylic oxidation sites excluding steroid dienone is 2. The molecule has 5 rings (SSSR count). The van der Waals surface area contributed by atoms with Gasteiger partial charge in [0.25, 0.3) is 0 Å². The third-order valence-electron chi connectivity index (χ3n) is 4.84. The standard InChI is InChI=1S/C16H14BrNO2/c17-11-5-7-12(8-6-11)18-15(19)13-9-1-2-10(4-3-9)14(13)16(18)20/h1-2,5-10,13-14H,3-4H2/t9-,10-,13-,14+/m0/s1. The first-order chi connectivity index (χ1) is 9.66. The van der Waals surface area contributed by atoms with Crippen molar-refractivity contribution in [2.75, 3.05) is 4.90 Å². The van der Waals surface area contributed by atoms with Crippen molar-refractivity contribution >= 4 is 33.4 Å². The van der Waals surface area contributed by atoms with Gasteiger partial charge in [-0.25, -0.2) is 0 Å². The minimum atomic E-state index is -0.130. The molecule has 2 fully saturated rings. The van der Waals surface area contributed by atoms with Crippen molar-refractivity contribution in [3.05, 3.63) is 40.9 Å². The molecule has 2 bridgehead atoms. The summed E-state index contributed by atoms with van der Waals surface area (Å²) in [6, 6.07) is 7.38. The number of hydrogen-bond acceptors (Lipinski definition) is 2. The smallest absolute Gasteiger partial charge is 0.238 e. The molecular formula is C16H14BrNO2. The van der Waals surface area contributed by atoms with Crippen LogP contribution >= 0.6 is 15.9 Å². The molecule has 0 N–H and O–H groups in total. The van der Waals surface area contributed by atoms with Gasteiger partial charge in [-0.15, -0.1) is 0 Å². The van der Waals surface area contributed by atoms with Crippen molar-refractivity contribution < 1.29 is 9.59 Å². The van der Waals surface area contributed by atoms with Crippen LogP contribution in [0.4, 0.5) is 5.69 Å². The van der Waals surface area contributed by atoms with Crippen LogP contribution in [0.1, 0.15) is 12.8 Å². The van der Waals surface area contributed by atoms with Crippen LogP contribution in [0.15, 0.2) is 40.9 Å². The van der Waals surface area contributed by atoms with Crippen LogP contribution in [-0.4, -0.2) is 11.8 Å². The summed E-state index contributed by atoms with van der Waals surface area (Å²) in [5.74, 6) is 0.219. The van der Waals surface area contributed by atoms with Crippen LogP contribution in [-0.2, 0) is 9.59 Å². The minimum Gasteiger partial charge on any atom is -0.274 e. The van der Waals surface area contributed by atoms with Crippen molar-refractivity contribution in [2.45, 2.75) is 12.8 Å². The van der Waals surface area contributed by atoms with Crippen LogP contribution in [0, 0.1) is 23.7 Å². The molecule has 2 amide bonds. The van der Waals surface area contributed by atoms with Gasteiger partial charge in [-0.2, -0.15) is 0 Å². The predicted octanol–water partition coefficient (Wildman–Crippen LogP) is 3.15. The Bertz CT molecular complexity index is 590. The topological polar surface area (TPSA) is 37.4 Å². The van der Waals surface area contributed by atoms with Crippen LogP contribution in [0.25, 0.3) is 0 Å². The predicted molar refractivity (Wildman–Crippen MR) is 79.0 cm³/mol. The Morgan fingerprint density at radius 2 is 1.40 bits per heavy atom. The number of amides is 2. The molecule has 4 aliphatic rings. The monoisotopic (exact) mass is 331 g/mol. The van der Waals surface area contributed by atoms with Crippen LogP contribution in [0.2, 0.25) is 0 Å². The molecular weight excluding hydrogens is 318 g/mol. The van der Waals surface area contributed by atoms with Crippen molar-refractivity contribution in [1.82, 2.24) is 0 Å². The highest BCUT2D eigenvalue weighted by Gasteiger charge is 2.56. The number of halogens is 1. The summed E-state index contributed by atoms with van der Waals surface area (Å²) in [5, 5.41) is 0. The van der Waals surface area contributed by atoms with E-state index in [0.717, 1.165) is 17.3 Å². The van der Waals surface area contributed by atoms with Gasteiger partial charge in [-0.05, 0) is 48.9 Å². The number of fused-ring (bicyclic) bond motifs is 1. The summed E-state index contributed by atoms with van der Waals surface area (Å²) in [7, 11) is 0. The van der Waals surface area contributed by atoms with Gasteiger partial charge in [0, 0.05) is 4.47 Å². The molecule has 0 unspecified atom stereocenters. The van der Waals surface area contributed by atoms with Crippen LogP contribution in [0.5, 0.6) is 0 Å². The molecule has 3 nitrogen and oxygen atoms in total. The van der Waals surface area contributed by atoms with Gasteiger partial charge >= 0.3 is 0 Å². The first kappa shape index (κ1) is 12.3. The van der Waals surface area contributed by atoms with Crippen LogP contribution in [0.3, 0.4) is 0 Å². The number of imide groups is 1. The largest absolute Gasteiger partial charge is 0.274 e. The highest BCUT2D eigenvalue weighted by atomic mass is 79.9. The fraction of sp³-hybridized carbons (Fsp3) is 0.375. The molecule has 20 heavy (non-hydrogen) atoms. The minimum absolute atomic E-state index is 0.0126. The summed E-state index contributed by atoms with van der Waals surface area (Å²) >= 11 is 3.38. The van der Waals surface area contributed by atoms with E-state index >= 15 is 0 Å². The maximum absolute atomic E-state index is 12.7. The molecule has 1 aromatic rings. The lowest BCUT2D eigenvalue weighted by Crippen LogP contribution is -2.38. The van der Waals surface area contributed by atoms with E-state index in [1.165, 1.54) is 4.90 Å². The molecule has 0 radical (unpaired) electrons. The molecule has 1 aliphatic heterocycles. The van der Waals surface area contributed by atoms with E-state index in [1.54, 1.807) is 0 Å². The SMILES string of the molecule is O=C1[C@@H]2[C@H](C(=O)N1c1ccc(Br)cc1)[C@H]1C=C[C@H]2CC1. The normalized spacial score (nSPS) is 34.8. The van der Waals surface area contributed by atoms with Crippen molar-refractivity contribution in [3.8, 4) is 0 Å². The Balaban J connectivity index is 1.75. The zero-order valence-corrected chi connectivity index (χ0v) is 12.4. The van der Waals surface area contributed by atoms with Crippen molar-refractivity contribution in [2.24, 2.45) is 23.7 Å². The maximum Gasteiger partial charge on any atom is 0.238 e. The quantitative estimate of drug-likeness (QED) is 0.585. The summed E-state index contributed by atoms with van der Waals surface area (Å²) in [6.07, 6.45) is 6.36. The highest BCUT2D eigenvalue weighted by molar-refractivity contribution is 9.10. The molecule has 0 spiro atoms. The molecule has 4 heteroatoms. The van der Waals surface area contributed by atoms with Gasteiger partial charge < -0.3 is 0 Å². The van der Waals surface area contributed by atoms with E-state index in [1.807, 2.05) is 24.3 Å². The first-order valence-electron chi connectivity index (χ1n) is 6.98. The fourth-order valence-electron chi connectivity index (χ4n) is 3.92. The van der Waals surface area contributed by atoms with Gasteiger partial charge in [0.2, 0.25) is 11.8 Å². The second-order valence-corrected chi connectivity index (χ2v) is 6.75. The fourth-order valence-corrected chi connectivity index (χ4v) is 4.18. The number of hydrogen-bond donors (Lipinski definition) is 0. The number of carbonyl (C=O) groups is 2. The zero-order valence-electron chi connectivity index (χ0n) is 10.8. The number of carbonyl (C=O) groups excluding carboxylic acids is 2. The Kier molecular flexibility index (Phi) is 2.64. The van der Waals surface area contributed by atoms with Gasteiger partial charge in [0.15, 0.2) is 0 Å². The molecule has 1 heterocycles. The average molecular weight is 332 g/mol. The average Bonchev–Trinajstić information content (AvgIpc) is 2.76. The van der Waals surface area contributed by atoms with Gasteiger partial charge in [0.05, 0.1) is 17.5 Å². The van der Waals surface area contributed by atoms with E-state index in [2.05, 4.69) is 28.1 Å². The lowest BCUT2D eigenvalue weighted by atomic mass is 9.63. The number of anilines is 1. The number of benzene rings is 1. The Morgan fingerprint density at radius 3 is 1.85 bits per heavy atom. The van der Waals surface area contributed by atoms with Crippen molar-refractivity contribution in [3.63, 3.8) is 0 Å². The lowest BCUT2D eigenvalue weighted by molar-refractivity contribution is -0.124. The first-order valence-corrected chi connectivity index (χ1v) is 7.78. The van der Waals surface area contributed by atoms with Crippen molar-refractivity contribution in [1.29, 1.82) is 0 Å². The molecule has 1 saturated heterocycles. The molecule has 3 aliphatic carbocycles. The summed E-state index contributed by atoms with van der Waals surface area (Å²) < 4.78 is 0.944. The number of nitrogens with zero attached hydrogens (tertiary/aromatic N) is 1. The van der Waals surface area contributed by atoms with Crippen LogP contribution < -0.4 is 4.90 Å². The van der Waals surface area contributed by atoms with E-state index < -0.39 is 0 Å². The second kappa shape index (κ2) is 4.29. The highest BCUT2D eigenvalue weighted by Crippen LogP contribution is 2.50. The van der Waals surface area contributed by atoms with E-state index in [0.29, 0.717) is 5.69 Å². The maximum atomic E-state index is 12.7. The molecule has 0 aromatic heterocycles. The zero-order chi connectivity index (χ0) is 13.9. The third kappa shape index (κ3) is 1.57. The van der Waals surface area contributed by atoms with Gasteiger partial charge in [0.1, 0.15) is 0 Å². The summed E-state index contributed by atoms with van der Waals surface area (Å²) in [4.78, 5) is 26.8. The third-order valence-corrected chi connectivity index (χ3v) is 5.37. The molecule has 1 aromatic carbocycles. The molecule has 1 saturated carbocycles. The Morgan fingerprint density at radius 1 is 0.900 bits per heavy atom. The van der Waals surface area contributed by atoms with Gasteiger partial charge in [-0.3, -0.25) is 14.5 Å². The summed E-state index contributed by atoms with van der Waals surface area (Å²) in [5.41, 5.74) is 0.692. The van der Waals surface area contributed by atoms with E-state index in [9.17, 15) is 9.59 Å². The molecule has 4 atom stereocenters. The van der Waals surface area contributed by atoms with Gasteiger partial charge in [-0.1, -0.05) is 28.1 Å². The number of rotatable bonds is 1. The van der Waals surface area contributed by atoms with E-state index in [4.69, 9.17) is 0 Å².